The van der Waals surface area contributed by atoms with Crippen LogP contribution in [0.3, 0.4) is 0 Å². The molecular weight excluding hydrogens is 338 g/mol. The molecule has 0 aliphatic carbocycles. The minimum absolute atomic E-state index is 1.22. The van der Waals surface area contributed by atoms with Crippen LogP contribution < -0.4 is 9.64 Å². The number of rotatable bonds is 0. The van der Waals surface area contributed by atoms with E-state index in [0.29, 0.717) is 0 Å². The van der Waals surface area contributed by atoms with E-state index in [1.165, 1.54) is 37.8 Å². The molecule has 0 spiro atoms. The van der Waals surface area contributed by atoms with Gasteiger partial charge in [-0.1, -0.05) is 18.2 Å². The Balaban J connectivity index is 0.000000276. The van der Waals surface area contributed by atoms with E-state index in [1.54, 1.807) is 0 Å². The van der Waals surface area contributed by atoms with E-state index >= 15 is 0 Å². The maximum atomic E-state index is 8.83. The third-order valence-corrected chi connectivity index (χ3v) is 4.40. The fourth-order valence-electron chi connectivity index (χ4n) is 2.55. The second kappa shape index (κ2) is 6.01. The maximum absolute atomic E-state index is 8.83. The van der Waals surface area contributed by atoms with Crippen molar-refractivity contribution in [1.29, 1.82) is 0 Å². The number of para-hydroxylation sites is 1. The van der Waals surface area contributed by atoms with E-state index in [4.69, 9.17) is 18.6 Å². The van der Waals surface area contributed by atoms with Crippen LogP contribution in [0.2, 0.25) is 0 Å². The molecule has 23 heavy (non-hydrogen) atoms. The number of aromatic nitrogens is 1. The molecule has 0 saturated heterocycles. The first-order valence-electron chi connectivity index (χ1n) is 6.71. The number of benzene rings is 2. The van der Waals surface area contributed by atoms with Crippen LogP contribution in [0.25, 0.3) is 32.2 Å². The SMILES string of the molecule is Cc1ccc2c3[nH+]c4ccccc4c-3csc2c1.[O-][Cl+](O)(O)O. The van der Waals surface area contributed by atoms with Crippen molar-refractivity contribution in [3.05, 3.63) is 53.4 Å². The number of H-pyrrole nitrogens is 1. The number of fused-ring (bicyclic) bond motifs is 5. The molecule has 2 aromatic rings. The van der Waals surface area contributed by atoms with Gasteiger partial charge < -0.3 is 0 Å². The van der Waals surface area contributed by atoms with Crippen LogP contribution in [0.15, 0.2) is 47.8 Å². The molecule has 2 aliphatic heterocycles. The molecule has 2 aliphatic rings. The van der Waals surface area contributed by atoms with Gasteiger partial charge in [0.1, 0.15) is 0 Å². The average Bonchev–Trinajstić information content (AvgIpc) is 2.84. The van der Waals surface area contributed by atoms with Crippen molar-refractivity contribution in [1.82, 2.24) is 0 Å². The summed E-state index contributed by atoms with van der Waals surface area (Å²) in [5.74, 6) is 0. The summed E-state index contributed by atoms with van der Waals surface area (Å²) in [5, 5.41) is 4.89. The summed E-state index contributed by atoms with van der Waals surface area (Å²) in [6.07, 6.45) is 0. The first-order valence-corrected chi connectivity index (χ1v) is 8.91. The molecule has 0 fully saturated rings. The molecular formula is C16H15ClNO4S+. The van der Waals surface area contributed by atoms with E-state index in [-0.39, 0.29) is 0 Å². The molecule has 0 unspecified atom stereocenters. The zero-order valence-electron chi connectivity index (χ0n) is 12.2. The van der Waals surface area contributed by atoms with Gasteiger partial charge in [0.2, 0.25) is 11.2 Å². The fraction of sp³-hybridized carbons (Fsp3) is 0.0625. The van der Waals surface area contributed by atoms with Crippen LogP contribution >= 0.6 is 11.3 Å². The number of hydrogen-bond acceptors (Lipinski definition) is 5. The van der Waals surface area contributed by atoms with E-state index in [9.17, 15) is 0 Å². The number of nitrogens with one attached hydrogen (secondary N) is 1. The van der Waals surface area contributed by atoms with Gasteiger partial charge in [-0.05, 0) is 30.7 Å². The third kappa shape index (κ3) is 3.59. The van der Waals surface area contributed by atoms with Gasteiger partial charge in [0.05, 0.1) is 16.3 Å². The Bertz CT molecular complexity index is 942. The van der Waals surface area contributed by atoms with Crippen LogP contribution in [-0.2, 0) is 0 Å². The fourth-order valence-corrected chi connectivity index (χ4v) is 3.60. The number of aromatic amines is 1. The first kappa shape index (κ1) is 16.1. The second-order valence-electron chi connectivity index (χ2n) is 5.13. The molecule has 7 heteroatoms. The summed E-state index contributed by atoms with van der Waals surface area (Å²) in [5.41, 5.74) is 5.11. The Kier molecular flexibility index (Phi) is 4.20. The Morgan fingerprint density at radius 1 is 1.04 bits per heavy atom. The van der Waals surface area contributed by atoms with Gasteiger partial charge >= 0.3 is 28.9 Å². The van der Waals surface area contributed by atoms with Crippen molar-refractivity contribution in [2.45, 2.75) is 6.92 Å². The molecule has 0 saturated carbocycles. The molecule has 0 atom stereocenters. The van der Waals surface area contributed by atoms with E-state index < -0.39 is 10.2 Å². The van der Waals surface area contributed by atoms with Gasteiger partial charge in [0.15, 0.2) is 0 Å². The second-order valence-corrected chi connectivity index (χ2v) is 6.91. The molecule has 0 radical (unpaired) electrons. The molecule has 2 heterocycles. The number of aryl methyl sites for hydroxylation is 1. The van der Waals surface area contributed by atoms with E-state index in [0.717, 1.165) is 0 Å². The molecule has 4 N–H and O–H groups in total. The van der Waals surface area contributed by atoms with Gasteiger partial charge in [0.25, 0.3) is 0 Å². The summed E-state index contributed by atoms with van der Waals surface area (Å²) in [6.45, 7) is 2.14. The Morgan fingerprint density at radius 3 is 2.48 bits per heavy atom. The Morgan fingerprint density at radius 2 is 1.74 bits per heavy atom. The van der Waals surface area contributed by atoms with Crippen molar-refractivity contribution < 1.29 is 33.9 Å². The quantitative estimate of drug-likeness (QED) is 0.446. The van der Waals surface area contributed by atoms with Gasteiger partial charge in [-0.25, -0.2) is 4.98 Å². The van der Waals surface area contributed by atoms with Gasteiger partial charge in [0, 0.05) is 16.1 Å². The topological polar surface area (TPSA) is 97.9 Å². The number of halogens is 1. The molecule has 0 aromatic heterocycles. The van der Waals surface area contributed by atoms with Crippen LogP contribution in [0.5, 0.6) is 0 Å². The molecule has 4 rings (SSSR count). The average molecular weight is 353 g/mol. The van der Waals surface area contributed by atoms with Crippen LogP contribution in [0.1, 0.15) is 5.56 Å². The van der Waals surface area contributed by atoms with Crippen LogP contribution in [-0.4, -0.2) is 14.0 Å². The number of hydrogen-bond donors (Lipinski definition) is 3. The van der Waals surface area contributed by atoms with E-state index in [1.807, 2.05) is 11.3 Å². The molecule has 120 valence electrons. The van der Waals surface area contributed by atoms with Crippen molar-refractivity contribution in [2.24, 2.45) is 0 Å². The molecule has 0 bridgehead atoms. The van der Waals surface area contributed by atoms with Gasteiger partial charge in [-0.15, -0.1) is 11.3 Å². The summed E-state index contributed by atoms with van der Waals surface area (Å²) >= 11 is 1.82. The zero-order valence-corrected chi connectivity index (χ0v) is 13.7. The third-order valence-electron chi connectivity index (χ3n) is 3.46. The normalized spacial score (nSPS) is 12.4. The van der Waals surface area contributed by atoms with Crippen molar-refractivity contribution in [3.63, 3.8) is 0 Å². The Hall–Kier alpha value is -1.80. The van der Waals surface area contributed by atoms with Crippen LogP contribution in [0.4, 0.5) is 0 Å². The summed E-state index contributed by atoms with van der Waals surface area (Å²) < 4.78 is 31.6. The summed E-state index contributed by atoms with van der Waals surface area (Å²) in [4.78, 5) is 3.55. The monoisotopic (exact) mass is 352 g/mol. The van der Waals surface area contributed by atoms with E-state index in [2.05, 4.69) is 59.8 Å². The summed E-state index contributed by atoms with van der Waals surface area (Å²) in [6, 6.07) is 15.2. The minimum atomic E-state index is -4.19. The zero-order chi connectivity index (χ0) is 16.6. The van der Waals surface area contributed by atoms with Crippen molar-refractivity contribution >= 4 is 32.3 Å². The van der Waals surface area contributed by atoms with Crippen LogP contribution in [0, 0.1) is 17.2 Å². The Labute approximate surface area is 138 Å². The van der Waals surface area contributed by atoms with Crippen molar-refractivity contribution in [3.8, 4) is 11.3 Å². The summed E-state index contributed by atoms with van der Waals surface area (Å²) in [7, 11) is -4.19. The van der Waals surface area contributed by atoms with Gasteiger partial charge in [-0.2, -0.15) is 0 Å². The molecule has 2 aromatic carbocycles. The first-order chi connectivity index (χ1) is 10.8. The standard InChI is InChI=1S/C16H11NS.ClH3O4/c1-10-6-7-12-15(8-10)18-9-13-11-4-2-3-5-14(11)17-16(12)13;2-1(3,4)5/h2-9H,1H3;2-4H/p+1. The van der Waals surface area contributed by atoms with Crippen molar-refractivity contribution in [2.75, 3.05) is 0 Å². The predicted molar refractivity (Wildman–Crippen MR) is 83.9 cm³/mol. The predicted octanol–water partition coefficient (Wildman–Crippen LogP) is 1.42. The van der Waals surface area contributed by atoms with Gasteiger partial charge in [-0.3, -0.25) is 0 Å². The molecule has 0 amide bonds. The molecule has 5 nitrogen and oxygen atoms in total.